The molecule has 0 N–H and O–H groups in total. The van der Waals surface area contributed by atoms with Crippen LogP contribution in [0, 0.1) is 0 Å². The van der Waals surface area contributed by atoms with Crippen LogP contribution in [0.25, 0.3) is 0 Å². The number of rotatable bonds is 0. The normalized spacial score (nSPS) is 10.0. The lowest BCUT2D eigenvalue weighted by Gasteiger charge is -1.61. The van der Waals surface area contributed by atoms with Gasteiger partial charge in [-0.05, 0) is 12.1 Å². The molecule has 1 aromatic rings. The minimum Gasteiger partial charge on any atom is -0.450 e. The standard InChI is InChI=1S/C6H4O.C2H6/c1-2-4-6-5(3-1)7-6;1-2/h1-4H;1-2H3. The van der Waals surface area contributed by atoms with Crippen LogP contribution in [0.4, 0.5) is 0 Å². The van der Waals surface area contributed by atoms with Crippen molar-refractivity contribution >= 4 is 0 Å². The summed E-state index contributed by atoms with van der Waals surface area (Å²) in [5, 5.41) is 0. The zero-order valence-electron chi connectivity index (χ0n) is 5.72. The van der Waals surface area contributed by atoms with Crippen molar-refractivity contribution in [1.82, 2.24) is 0 Å². The van der Waals surface area contributed by atoms with E-state index in [1.165, 1.54) is 0 Å². The summed E-state index contributed by atoms with van der Waals surface area (Å²) >= 11 is 0. The average molecular weight is 122 g/mol. The third-order valence-electron chi connectivity index (χ3n) is 1.03. The van der Waals surface area contributed by atoms with Gasteiger partial charge in [-0.2, -0.15) is 0 Å². The number of para-hydroxylation sites is 2. The molecule has 1 aliphatic heterocycles. The lowest BCUT2D eigenvalue weighted by Crippen LogP contribution is -1.37. The van der Waals surface area contributed by atoms with Crippen LogP contribution in [0.2, 0.25) is 0 Å². The van der Waals surface area contributed by atoms with Crippen LogP contribution in [0.15, 0.2) is 24.3 Å². The minimum atomic E-state index is 1.03. The van der Waals surface area contributed by atoms with E-state index in [0.29, 0.717) is 0 Å². The van der Waals surface area contributed by atoms with Gasteiger partial charge >= 0.3 is 0 Å². The Morgan fingerprint density at radius 3 is 1.78 bits per heavy atom. The van der Waals surface area contributed by atoms with Crippen molar-refractivity contribution in [2.75, 3.05) is 0 Å². The molecule has 1 aromatic carbocycles. The van der Waals surface area contributed by atoms with E-state index in [1.54, 1.807) is 0 Å². The molecule has 48 valence electrons. The third kappa shape index (κ3) is 1.22. The van der Waals surface area contributed by atoms with Gasteiger partial charge in [0, 0.05) is 0 Å². The summed E-state index contributed by atoms with van der Waals surface area (Å²) in [5.74, 6) is 2.06. The molecule has 0 unspecified atom stereocenters. The Bertz CT molecular complexity index is 173. The number of benzene rings is 1. The molecule has 0 fully saturated rings. The fraction of sp³-hybridized carbons (Fsp3) is 0.250. The van der Waals surface area contributed by atoms with Gasteiger partial charge in [-0.25, -0.2) is 0 Å². The van der Waals surface area contributed by atoms with E-state index in [2.05, 4.69) is 0 Å². The molecular weight excluding hydrogens is 112 g/mol. The van der Waals surface area contributed by atoms with Gasteiger partial charge in [-0.3, -0.25) is 0 Å². The van der Waals surface area contributed by atoms with Crippen LogP contribution in [0.1, 0.15) is 13.8 Å². The van der Waals surface area contributed by atoms with E-state index >= 15 is 0 Å². The maximum absolute atomic E-state index is 4.94. The molecule has 1 heteroatoms. The highest BCUT2D eigenvalue weighted by atomic mass is 16.6. The maximum Gasteiger partial charge on any atom is 0.170 e. The first-order valence-electron chi connectivity index (χ1n) is 3.24. The molecule has 0 saturated carbocycles. The van der Waals surface area contributed by atoms with Crippen molar-refractivity contribution in [2.45, 2.75) is 13.8 Å². The Morgan fingerprint density at radius 1 is 1.00 bits per heavy atom. The van der Waals surface area contributed by atoms with Crippen molar-refractivity contribution in [2.24, 2.45) is 0 Å². The summed E-state index contributed by atoms with van der Waals surface area (Å²) in [5.41, 5.74) is 0. The van der Waals surface area contributed by atoms with Crippen LogP contribution in [0.5, 0.6) is 11.5 Å². The molecular formula is C8H10O. The molecule has 0 bridgehead atoms. The first kappa shape index (κ1) is 6.14. The van der Waals surface area contributed by atoms with Gasteiger partial charge in [0.15, 0.2) is 11.5 Å². The summed E-state index contributed by atoms with van der Waals surface area (Å²) in [6.07, 6.45) is 0. The lowest BCUT2D eigenvalue weighted by molar-refractivity contribution is 0.650. The third-order valence-corrected chi connectivity index (χ3v) is 1.03. The molecule has 0 saturated heterocycles. The molecule has 0 atom stereocenters. The topological polar surface area (TPSA) is 12.5 Å². The van der Waals surface area contributed by atoms with E-state index < -0.39 is 0 Å². The second kappa shape index (κ2) is 2.53. The fourth-order valence-corrected chi connectivity index (χ4v) is 0.611. The van der Waals surface area contributed by atoms with Gasteiger partial charge in [0.2, 0.25) is 0 Å². The van der Waals surface area contributed by atoms with Gasteiger partial charge in [-0.15, -0.1) is 0 Å². The average Bonchev–Trinajstić information content (AvgIpc) is 2.69. The van der Waals surface area contributed by atoms with Crippen LogP contribution < -0.4 is 4.74 Å². The Kier molecular flexibility index (Phi) is 1.73. The summed E-state index contributed by atoms with van der Waals surface area (Å²) in [6.45, 7) is 4.00. The Hall–Kier alpha value is -0.980. The van der Waals surface area contributed by atoms with Gasteiger partial charge < -0.3 is 4.74 Å². The summed E-state index contributed by atoms with van der Waals surface area (Å²) in [4.78, 5) is 0. The molecule has 1 nitrogen and oxygen atoms in total. The Balaban J connectivity index is 0.000000186. The fourth-order valence-electron chi connectivity index (χ4n) is 0.611. The SMILES string of the molecule is CC.c1ccc2c(c1)O2. The van der Waals surface area contributed by atoms with Gasteiger partial charge in [0.25, 0.3) is 0 Å². The smallest absolute Gasteiger partial charge is 0.170 e. The predicted molar refractivity (Wildman–Crippen MR) is 37.9 cm³/mol. The second-order valence-corrected chi connectivity index (χ2v) is 1.55. The zero-order valence-corrected chi connectivity index (χ0v) is 5.72. The highest BCUT2D eigenvalue weighted by Crippen LogP contribution is 2.43. The van der Waals surface area contributed by atoms with E-state index in [1.807, 2.05) is 38.1 Å². The summed E-state index contributed by atoms with van der Waals surface area (Å²) < 4.78 is 4.94. The van der Waals surface area contributed by atoms with Crippen LogP contribution in [-0.2, 0) is 0 Å². The van der Waals surface area contributed by atoms with Crippen molar-refractivity contribution < 1.29 is 4.74 Å². The molecule has 1 aliphatic rings. The second-order valence-electron chi connectivity index (χ2n) is 1.55. The molecule has 1 heterocycles. The Morgan fingerprint density at radius 2 is 1.44 bits per heavy atom. The Labute approximate surface area is 55.3 Å². The largest absolute Gasteiger partial charge is 0.450 e. The van der Waals surface area contributed by atoms with Crippen molar-refractivity contribution in [3.05, 3.63) is 24.3 Å². The van der Waals surface area contributed by atoms with E-state index in [4.69, 9.17) is 4.74 Å². The molecule has 2 rings (SSSR count). The highest BCUT2D eigenvalue weighted by molar-refractivity contribution is 5.53. The monoisotopic (exact) mass is 122 g/mol. The molecule has 9 heavy (non-hydrogen) atoms. The number of fused-ring (bicyclic) bond motifs is 1. The lowest BCUT2D eigenvalue weighted by atomic mass is 10.4. The molecule has 0 radical (unpaired) electrons. The number of hydrogen-bond acceptors (Lipinski definition) is 1. The number of ether oxygens (including phenoxy) is 1. The maximum atomic E-state index is 4.94. The quantitative estimate of drug-likeness (QED) is 0.489. The summed E-state index contributed by atoms with van der Waals surface area (Å²) in [6, 6.07) is 7.84. The highest BCUT2D eigenvalue weighted by Gasteiger charge is 2.15. The van der Waals surface area contributed by atoms with Crippen molar-refractivity contribution in [3.8, 4) is 11.5 Å². The van der Waals surface area contributed by atoms with E-state index in [0.717, 1.165) is 11.5 Å². The zero-order chi connectivity index (χ0) is 6.69. The molecule has 0 amide bonds. The first-order chi connectivity index (χ1) is 4.47. The summed E-state index contributed by atoms with van der Waals surface area (Å²) in [7, 11) is 0. The van der Waals surface area contributed by atoms with Crippen molar-refractivity contribution in [3.63, 3.8) is 0 Å². The van der Waals surface area contributed by atoms with E-state index in [-0.39, 0.29) is 0 Å². The van der Waals surface area contributed by atoms with Gasteiger partial charge in [0.05, 0.1) is 0 Å². The van der Waals surface area contributed by atoms with Crippen LogP contribution in [-0.4, -0.2) is 0 Å². The molecule has 0 spiro atoms. The predicted octanol–water partition coefficient (Wildman–Crippen LogP) is 2.82. The molecule has 0 aromatic heterocycles. The van der Waals surface area contributed by atoms with Crippen LogP contribution >= 0.6 is 0 Å². The number of hydrogen-bond donors (Lipinski definition) is 0. The van der Waals surface area contributed by atoms with Crippen molar-refractivity contribution in [1.29, 1.82) is 0 Å². The van der Waals surface area contributed by atoms with E-state index in [9.17, 15) is 0 Å². The first-order valence-corrected chi connectivity index (χ1v) is 3.24. The molecule has 0 aliphatic carbocycles. The minimum absolute atomic E-state index is 1.03. The van der Waals surface area contributed by atoms with Gasteiger partial charge in [0.1, 0.15) is 0 Å². The van der Waals surface area contributed by atoms with Gasteiger partial charge in [-0.1, -0.05) is 26.0 Å². The van der Waals surface area contributed by atoms with Crippen LogP contribution in [0.3, 0.4) is 0 Å².